The third-order valence-corrected chi connectivity index (χ3v) is 4.67. The molecule has 3 rings (SSSR count). The largest absolute Gasteiger partial charge is 0.392 e. The second kappa shape index (κ2) is 7.76. The van der Waals surface area contributed by atoms with Crippen LogP contribution in [0.5, 0.6) is 0 Å². The lowest BCUT2D eigenvalue weighted by molar-refractivity contribution is 0.0519. The van der Waals surface area contributed by atoms with Crippen molar-refractivity contribution in [3.8, 4) is 5.69 Å². The number of aryl methyl sites for hydroxylation is 1. The van der Waals surface area contributed by atoms with Crippen molar-refractivity contribution in [2.24, 2.45) is 0 Å². The van der Waals surface area contributed by atoms with Gasteiger partial charge in [-0.15, -0.1) is 0 Å². The van der Waals surface area contributed by atoms with Crippen molar-refractivity contribution in [1.29, 1.82) is 0 Å². The molecule has 1 N–H and O–H groups in total. The smallest absolute Gasteiger partial charge is 0.272 e. The molecule has 2 aromatic rings. The van der Waals surface area contributed by atoms with Crippen LogP contribution in [0.4, 0.5) is 0 Å². The van der Waals surface area contributed by atoms with Gasteiger partial charge in [-0.3, -0.25) is 14.7 Å². The molecule has 0 spiro atoms. The third kappa shape index (κ3) is 4.05. The molecule has 0 radical (unpaired) electrons. The van der Waals surface area contributed by atoms with Gasteiger partial charge in [0, 0.05) is 51.3 Å². The highest BCUT2D eigenvalue weighted by molar-refractivity contribution is 5.92. The van der Waals surface area contributed by atoms with Crippen LogP contribution in [0.15, 0.2) is 30.7 Å². The summed E-state index contributed by atoms with van der Waals surface area (Å²) in [5.41, 5.74) is 1.34. The summed E-state index contributed by atoms with van der Waals surface area (Å²) in [6.45, 7) is 7.45. The number of hydrogen-bond donors (Lipinski definition) is 1. The molecule has 3 heterocycles. The monoisotopic (exact) mass is 343 g/mol. The molecule has 7 nitrogen and oxygen atoms in total. The Morgan fingerprint density at radius 3 is 2.64 bits per heavy atom. The molecule has 1 amide bonds. The van der Waals surface area contributed by atoms with Crippen LogP contribution < -0.4 is 0 Å². The van der Waals surface area contributed by atoms with Crippen molar-refractivity contribution < 1.29 is 9.90 Å². The van der Waals surface area contributed by atoms with E-state index < -0.39 is 0 Å². The molecular formula is C18H25N5O2. The highest BCUT2D eigenvalue weighted by Gasteiger charge is 2.24. The van der Waals surface area contributed by atoms with E-state index >= 15 is 0 Å². The summed E-state index contributed by atoms with van der Waals surface area (Å²) in [6.07, 6.45) is 5.73. The predicted octanol–water partition coefficient (Wildman–Crippen LogP) is 1.10. The number of imidazole rings is 1. The first-order valence-electron chi connectivity index (χ1n) is 8.74. The Balaban J connectivity index is 1.65. The molecule has 134 valence electrons. The maximum atomic E-state index is 12.8. The molecule has 1 fully saturated rings. The van der Waals surface area contributed by atoms with Gasteiger partial charge in [-0.25, -0.2) is 4.98 Å². The summed E-state index contributed by atoms with van der Waals surface area (Å²) < 4.78 is 1.93. The molecule has 1 aliphatic heterocycles. The third-order valence-electron chi connectivity index (χ3n) is 4.67. The van der Waals surface area contributed by atoms with Gasteiger partial charge in [0.1, 0.15) is 11.5 Å². The first-order valence-corrected chi connectivity index (χ1v) is 8.74. The van der Waals surface area contributed by atoms with Gasteiger partial charge in [0.15, 0.2) is 0 Å². The second-order valence-corrected chi connectivity index (χ2v) is 6.40. The molecule has 2 aromatic heterocycles. The second-order valence-electron chi connectivity index (χ2n) is 6.40. The normalized spacial score (nSPS) is 16.8. The number of β-amino-alcohol motifs (C(OH)–C–C–N with tert-alkyl or cyclic N) is 1. The van der Waals surface area contributed by atoms with E-state index in [-0.39, 0.29) is 12.0 Å². The van der Waals surface area contributed by atoms with Crippen molar-refractivity contribution in [3.63, 3.8) is 0 Å². The zero-order valence-electron chi connectivity index (χ0n) is 14.8. The van der Waals surface area contributed by atoms with Gasteiger partial charge < -0.3 is 14.6 Å². The van der Waals surface area contributed by atoms with Gasteiger partial charge >= 0.3 is 0 Å². The zero-order valence-corrected chi connectivity index (χ0v) is 14.8. The van der Waals surface area contributed by atoms with Gasteiger partial charge in [0.25, 0.3) is 5.91 Å². The Labute approximate surface area is 147 Å². The van der Waals surface area contributed by atoms with Crippen LogP contribution in [0.3, 0.4) is 0 Å². The maximum Gasteiger partial charge on any atom is 0.272 e. The number of amides is 1. The standard InChI is InChI=1S/C18H25N5O2/c1-3-16(24)13-21-8-10-22(11-9-21)18(25)17-12-15(4-5-20-17)23-7-6-19-14(23)2/h4-7,12,16,24H,3,8-11,13H2,1-2H3. The molecule has 0 bridgehead atoms. The number of aromatic nitrogens is 3. The molecule has 1 aliphatic rings. The number of hydrogen-bond acceptors (Lipinski definition) is 5. The highest BCUT2D eigenvalue weighted by Crippen LogP contribution is 2.13. The quantitative estimate of drug-likeness (QED) is 0.880. The average molecular weight is 343 g/mol. The van der Waals surface area contributed by atoms with E-state index in [1.807, 2.05) is 41.6 Å². The minimum Gasteiger partial charge on any atom is -0.392 e. The lowest BCUT2D eigenvalue weighted by atomic mass is 10.2. The summed E-state index contributed by atoms with van der Waals surface area (Å²) in [4.78, 5) is 25.3. The van der Waals surface area contributed by atoms with E-state index in [1.54, 1.807) is 12.4 Å². The molecule has 1 saturated heterocycles. The fraction of sp³-hybridized carbons (Fsp3) is 0.500. The van der Waals surface area contributed by atoms with Gasteiger partial charge in [-0.2, -0.15) is 0 Å². The lowest BCUT2D eigenvalue weighted by Crippen LogP contribution is -2.50. The van der Waals surface area contributed by atoms with Crippen molar-refractivity contribution in [1.82, 2.24) is 24.3 Å². The molecular weight excluding hydrogens is 318 g/mol. The Morgan fingerprint density at radius 2 is 2.00 bits per heavy atom. The molecule has 1 unspecified atom stereocenters. The van der Waals surface area contributed by atoms with Crippen molar-refractivity contribution in [3.05, 3.63) is 42.2 Å². The molecule has 0 aliphatic carbocycles. The Hall–Kier alpha value is -2.25. The van der Waals surface area contributed by atoms with Crippen LogP contribution in [0, 0.1) is 6.92 Å². The minimum atomic E-state index is -0.293. The maximum absolute atomic E-state index is 12.8. The zero-order chi connectivity index (χ0) is 17.8. The fourth-order valence-electron chi connectivity index (χ4n) is 3.06. The number of rotatable bonds is 5. The van der Waals surface area contributed by atoms with Crippen LogP contribution in [0.2, 0.25) is 0 Å². The van der Waals surface area contributed by atoms with Gasteiger partial charge in [0.05, 0.1) is 11.8 Å². The number of carbonyl (C=O) groups is 1. The Morgan fingerprint density at radius 1 is 1.24 bits per heavy atom. The van der Waals surface area contributed by atoms with E-state index in [0.29, 0.717) is 25.3 Å². The van der Waals surface area contributed by atoms with Crippen LogP contribution in [0.1, 0.15) is 29.7 Å². The Kier molecular flexibility index (Phi) is 5.45. The molecule has 25 heavy (non-hydrogen) atoms. The van der Waals surface area contributed by atoms with Crippen LogP contribution in [-0.4, -0.2) is 74.2 Å². The first kappa shape index (κ1) is 17.6. The number of aliphatic hydroxyl groups excluding tert-OH is 1. The van der Waals surface area contributed by atoms with Crippen LogP contribution in [0.25, 0.3) is 5.69 Å². The molecule has 1 atom stereocenters. The summed E-state index contributed by atoms with van der Waals surface area (Å²) in [5.74, 6) is 0.822. The first-order chi connectivity index (χ1) is 12.1. The van der Waals surface area contributed by atoms with E-state index in [2.05, 4.69) is 14.9 Å². The summed E-state index contributed by atoms with van der Waals surface area (Å²) in [5, 5.41) is 9.77. The number of aliphatic hydroxyl groups is 1. The number of piperazine rings is 1. The van der Waals surface area contributed by atoms with Crippen molar-refractivity contribution >= 4 is 5.91 Å². The highest BCUT2D eigenvalue weighted by atomic mass is 16.3. The predicted molar refractivity (Wildman–Crippen MR) is 94.7 cm³/mol. The fourth-order valence-corrected chi connectivity index (χ4v) is 3.06. The Bertz CT molecular complexity index is 722. The van der Waals surface area contributed by atoms with Gasteiger partial charge in [0.2, 0.25) is 0 Å². The van der Waals surface area contributed by atoms with Crippen LogP contribution in [-0.2, 0) is 0 Å². The van der Waals surface area contributed by atoms with Crippen molar-refractivity contribution in [2.75, 3.05) is 32.7 Å². The average Bonchev–Trinajstić information content (AvgIpc) is 3.08. The summed E-state index contributed by atoms with van der Waals surface area (Å²) >= 11 is 0. The van der Waals surface area contributed by atoms with Gasteiger partial charge in [-0.05, 0) is 25.5 Å². The summed E-state index contributed by atoms with van der Waals surface area (Å²) in [7, 11) is 0. The number of pyridine rings is 1. The topological polar surface area (TPSA) is 74.5 Å². The van der Waals surface area contributed by atoms with Gasteiger partial charge in [-0.1, -0.05) is 6.92 Å². The SMILES string of the molecule is CCC(O)CN1CCN(C(=O)c2cc(-n3ccnc3C)ccn2)CC1. The summed E-state index contributed by atoms with van der Waals surface area (Å²) in [6, 6.07) is 3.68. The van der Waals surface area contributed by atoms with Crippen molar-refractivity contribution in [2.45, 2.75) is 26.4 Å². The van der Waals surface area contributed by atoms with E-state index in [4.69, 9.17) is 0 Å². The van der Waals surface area contributed by atoms with E-state index in [9.17, 15) is 9.90 Å². The van der Waals surface area contributed by atoms with Crippen LogP contribution >= 0.6 is 0 Å². The molecule has 7 heteroatoms. The minimum absolute atomic E-state index is 0.0460. The number of carbonyl (C=O) groups excluding carboxylic acids is 1. The number of nitrogens with zero attached hydrogens (tertiary/aromatic N) is 5. The van der Waals surface area contributed by atoms with E-state index in [1.165, 1.54) is 0 Å². The lowest BCUT2D eigenvalue weighted by Gasteiger charge is -2.35. The van der Waals surface area contributed by atoms with E-state index in [0.717, 1.165) is 31.0 Å². The molecule has 0 saturated carbocycles. The molecule has 0 aromatic carbocycles.